The van der Waals surface area contributed by atoms with Gasteiger partial charge in [-0.15, -0.1) is 0 Å². The van der Waals surface area contributed by atoms with E-state index in [2.05, 4.69) is 0 Å². The minimum Gasteiger partial charge on any atom is -0.446 e. The van der Waals surface area contributed by atoms with Crippen LogP contribution in [0, 0.1) is 5.92 Å². The molecule has 0 aromatic heterocycles. The minimum absolute atomic E-state index is 0.00579. The number of hydrogen-bond donors (Lipinski definition) is 2. The second kappa shape index (κ2) is 3.76. The summed E-state index contributed by atoms with van der Waals surface area (Å²) in [7, 11) is 0. The summed E-state index contributed by atoms with van der Waals surface area (Å²) in [4.78, 5) is 10.4. The van der Waals surface area contributed by atoms with Gasteiger partial charge in [0, 0.05) is 5.92 Å². The van der Waals surface area contributed by atoms with Gasteiger partial charge in [0.1, 0.15) is 6.10 Å². The molecule has 3 atom stereocenters. The van der Waals surface area contributed by atoms with E-state index in [-0.39, 0.29) is 18.1 Å². The third-order valence-electron chi connectivity index (χ3n) is 2.45. The number of carbonyl (C=O) groups is 1. The van der Waals surface area contributed by atoms with Crippen molar-refractivity contribution >= 4 is 6.09 Å². The van der Waals surface area contributed by atoms with Crippen molar-refractivity contribution in [1.29, 1.82) is 0 Å². The van der Waals surface area contributed by atoms with Gasteiger partial charge in [0.2, 0.25) is 0 Å². The van der Waals surface area contributed by atoms with Crippen molar-refractivity contribution in [2.45, 2.75) is 38.4 Å². The Morgan fingerprint density at radius 2 is 2.25 bits per heavy atom. The van der Waals surface area contributed by atoms with Gasteiger partial charge < -0.3 is 15.6 Å². The summed E-state index contributed by atoms with van der Waals surface area (Å²) in [6.45, 7) is 1.87. The number of aliphatic hydroxyl groups excluding tert-OH is 1. The van der Waals surface area contributed by atoms with Crippen LogP contribution in [0.5, 0.6) is 0 Å². The van der Waals surface area contributed by atoms with Crippen LogP contribution in [0.1, 0.15) is 26.2 Å². The Morgan fingerprint density at radius 1 is 1.58 bits per heavy atom. The number of carbonyl (C=O) groups excluding carboxylic acids is 1. The van der Waals surface area contributed by atoms with Gasteiger partial charge in [-0.1, -0.05) is 6.92 Å². The summed E-state index contributed by atoms with van der Waals surface area (Å²) in [6.07, 6.45) is 1.18. The molecule has 1 fully saturated rings. The van der Waals surface area contributed by atoms with E-state index >= 15 is 0 Å². The van der Waals surface area contributed by atoms with Crippen LogP contribution in [0.15, 0.2) is 0 Å². The summed E-state index contributed by atoms with van der Waals surface area (Å²) in [5.41, 5.74) is 4.89. The average molecular weight is 173 g/mol. The highest BCUT2D eigenvalue weighted by Crippen LogP contribution is 2.26. The van der Waals surface area contributed by atoms with Crippen LogP contribution in [-0.2, 0) is 4.74 Å². The fourth-order valence-electron chi connectivity index (χ4n) is 1.62. The lowest BCUT2D eigenvalue weighted by Gasteiger charge is -2.31. The zero-order chi connectivity index (χ0) is 9.14. The Morgan fingerprint density at radius 3 is 2.83 bits per heavy atom. The molecule has 1 aliphatic carbocycles. The second-order valence-electron chi connectivity index (χ2n) is 3.33. The Bertz CT molecular complexity index is 172. The number of hydrogen-bond acceptors (Lipinski definition) is 3. The molecule has 3 unspecified atom stereocenters. The van der Waals surface area contributed by atoms with E-state index in [1.54, 1.807) is 0 Å². The van der Waals surface area contributed by atoms with Crippen molar-refractivity contribution in [2.24, 2.45) is 11.7 Å². The predicted molar refractivity (Wildman–Crippen MR) is 43.5 cm³/mol. The molecular weight excluding hydrogens is 158 g/mol. The number of nitrogens with two attached hydrogens (primary N) is 1. The van der Waals surface area contributed by atoms with Crippen molar-refractivity contribution in [3.8, 4) is 0 Å². The molecule has 0 heterocycles. The Kier molecular flexibility index (Phi) is 2.92. The molecule has 12 heavy (non-hydrogen) atoms. The Hall–Kier alpha value is -0.770. The lowest BCUT2D eigenvalue weighted by molar-refractivity contribution is -0.0215. The van der Waals surface area contributed by atoms with Crippen molar-refractivity contribution in [3.63, 3.8) is 0 Å². The third-order valence-corrected chi connectivity index (χ3v) is 2.45. The quantitative estimate of drug-likeness (QED) is 0.611. The van der Waals surface area contributed by atoms with Crippen molar-refractivity contribution < 1.29 is 14.6 Å². The fourth-order valence-corrected chi connectivity index (χ4v) is 1.62. The monoisotopic (exact) mass is 173 g/mol. The number of amides is 1. The van der Waals surface area contributed by atoms with E-state index in [9.17, 15) is 9.90 Å². The number of rotatable bonds is 1. The zero-order valence-corrected chi connectivity index (χ0v) is 7.19. The number of primary amides is 1. The van der Waals surface area contributed by atoms with Crippen molar-refractivity contribution in [3.05, 3.63) is 0 Å². The molecule has 0 radical (unpaired) electrons. The van der Waals surface area contributed by atoms with Crippen LogP contribution in [0.25, 0.3) is 0 Å². The van der Waals surface area contributed by atoms with Gasteiger partial charge in [0.15, 0.2) is 0 Å². The highest BCUT2D eigenvalue weighted by molar-refractivity contribution is 5.64. The maximum Gasteiger partial charge on any atom is 0.404 e. The summed E-state index contributed by atoms with van der Waals surface area (Å²) in [5.74, 6) is 0.00579. The van der Waals surface area contributed by atoms with E-state index in [0.717, 1.165) is 19.3 Å². The van der Waals surface area contributed by atoms with Gasteiger partial charge in [0.05, 0.1) is 6.10 Å². The van der Waals surface area contributed by atoms with Crippen LogP contribution in [-0.4, -0.2) is 23.4 Å². The molecule has 70 valence electrons. The van der Waals surface area contributed by atoms with Gasteiger partial charge in [-0.05, 0) is 19.3 Å². The van der Waals surface area contributed by atoms with Gasteiger partial charge in [-0.2, -0.15) is 0 Å². The largest absolute Gasteiger partial charge is 0.446 e. The fraction of sp³-hybridized carbons (Fsp3) is 0.875. The van der Waals surface area contributed by atoms with Crippen molar-refractivity contribution in [1.82, 2.24) is 0 Å². The van der Waals surface area contributed by atoms with Crippen LogP contribution in [0.4, 0.5) is 4.79 Å². The molecule has 0 spiro atoms. The second-order valence-corrected chi connectivity index (χ2v) is 3.33. The highest BCUT2D eigenvalue weighted by atomic mass is 16.6. The van der Waals surface area contributed by atoms with E-state index in [0.29, 0.717) is 0 Å². The molecule has 1 rings (SSSR count). The first-order chi connectivity index (χ1) is 5.61. The first-order valence-corrected chi connectivity index (χ1v) is 4.25. The van der Waals surface area contributed by atoms with Gasteiger partial charge >= 0.3 is 6.09 Å². The molecule has 0 bridgehead atoms. The van der Waals surface area contributed by atoms with Crippen LogP contribution in [0.2, 0.25) is 0 Å². The molecular formula is C8H15NO3. The first kappa shape index (κ1) is 9.32. The maximum absolute atomic E-state index is 10.4. The normalized spacial score (nSPS) is 36.0. The molecule has 4 heteroatoms. The molecule has 0 aromatic carbocycles. The van der Waals surface area contributed by atoms with Gasteiger partial charge in [-0.3, -0.25) is 0 Å². The summed E-state index contributed by atoms with van der Waals surface area (Å²) >= 11 is 0. The molecule has 0 aliphatic heterocycles. The third kappa shape index (κ3) is 2.11. The topological polar surface area (TPSA) is 72.6 Å². The van der Waals surface area contributed by atoms with Crippen LogP contribution >= 0.6 is 0 Å². The first-order valence-electron chi connectivity index (χ1n) is 4.25. The average Bonchev–Trinajstić information content (AvgIpc) is 1.98. The van der Waals surface area contributed by atoms with E-state index < -0.39 is 6.09 Å². The molecule has 4 nitrogen and oxygen atoms in total. The van der Waals surface area contributed by atoms with E-state index in [1.807, 2.05) is 6.92 Å². The molecule has 1 saturated carbocycles. The summed E-state index contributed by atoms with van der Waals surface area (Å²) in [5, 5.41) is 9.43. The lowest BCUT2D eigenvalue weighted by Crippen LogP contribution is -2.38. The van der Waals surface area contributed by atoms with Gasteiger partial charge in [0.25, 0.3) is 0 Å². The summed E-state index contributed by atoms with van der Waals surface area (Å²) < 4.78 is 4.85. The predicted octanol–water partition coefficient (Wildman–Crippen LogP) is 0.631. The molecule has 1 amide bonds. The molecule has 0 saturated heterocycles. The summed E-state index contributed by atoms with van der Waals surface area (Å²) in [6, 6.07) is 0. The van der Waals surface area contributed by atoms with E-state index in [4.69, 9.17) is 10.5 Å². The Labute approximate surface area is 71.7 Å². The standard InChI is InChI=1S/C8H15NO3/c1-5-6(10)3-2-4-7(5)12-8(9)11/h5-7,10H,2-4H2,1H3,(H2,9,11). The van der Waals surface area contributed by atoms with Crippen molar-refractivity contribution in [2.75, 3.05) is 0 Å². The zero-order valence-electron chi connectivity index (χ0n) is 7.19. The minimum atomic E-state index is -0.749. The highest BCUT2D eigenvalue weighted by Gasteiger charge is 2.30. The molecule has 3 N–H and O–H groups in total. The van der Waals surface area contributed by atoms with Crippen LogP contribution < -0.4 is 5.73 Å². The SMILES string of the molecule is CC1C(O)CCCC1OC(N)=O. The van der Waals surface area contributed by atoms with Crippen LogP contribution in [0.3, 0.4) is 0 Å². The molecule has 0 aromatic rings. The Balaban J connectivity index is 2.46. The van der Waals surface area contributed by atoms with E-state index in [1.165, 1.54) is 0 Å². The maximum atomic E-state index is 10.4. The lowest BCUT2D eigenvalue weighted by atomic mass is 9.85. The van der Waals surface area contributed by atoms with Gasteiger partial charge in [-0.25, -0.2) is 4.79 Å². The smallest absolute Gasteiger partial charge is 0.404 e. The molecule has 1 aliphatic rings. The number of ether oxygens (including phenoxy) is 1. The number of aliphatic hydroxyl groups is 1.